The molecular formula is C20H24N2O9. The number of aliphatic hydroxyl groups is 4. The van der Waals surface area contributed by atoms with E-state index in [0.29, 0.717) is 0 Å². The van der Waals surface area contributed by atoms with E-state index >= 15 is 0 Å². The zero-order valence-electron chi connectivity index (χ0n) is 16.7. The minimum absolute atomic E-state index is 0.0392. The number of piperazine rings is 1. The van der Waals surface area contributed by atoms with Crippen LogP contribution in [0.15, 0.2) is 42.0 Å². The van der Waals surface area contributed by atoms with Crippen molar-refractivity contribution in [3.63, 3.8) is 0 Å². The van der Waals surface area contributed by atoms with Crippen LogP contribution in [-0.2, 0) is 30.5 Å². The average Bonchev–Trinajstić information content (AvgIpc) is 2.74. The number of hydrogen-bond acceptors (Lipinski definition) is 9. The third kappa shape index (κ3) is 4.18. The van der Waals surface area contributed by atoms with E-state index in [4.69, 9.17) is 9.47 Å². The molecule has 3 fully saturated rings. The minimum Gasteiger partial charge on any atom is -0.458 e. The van der Waals surface area contributed by atoms with Gasteiger partial charge >= 0.3 is 5.97 Å². The van der Waals surface area contributed by atoms with Crippen LogP contribution in [-0.4, -0.2) is 74.6 Å². The maximum atomic E-state index is 12.7. The van der Waals surface area contributed by atoms with Gasteiger partial charge in [0.15, 0.2) is 0 Å². The first kappa shape index (κ1) is 22.8. The van der Waals surface area contributed by atoms with Gasteiger partial charge in [-0.15, -0.1) is 0 Å². The van der Waals surface area contributed by atoms with Crippen LogP contribution in [0.1, 0.15) is 18.9 Å². The zero-order chi connectivity index (χ0) is 22.9. The Morgan fingerprint density at radius 1 is 1.29 bits per heavy atom. The summed E-state index contributed by atoms with van der Waals surface area (Å²) in [7, 11) is 0. The molecule has 31 heavy (non-hydrogen) atoms. The summed E-state index contributed by atoms with van der Waals surface area (Å²) in [5.41, 5.74) is -6.71. The average molecular weight is 436 g/mol. The van der Waals surface area contributed by atoms with Crippen LogP contribution in [0.3, 0.4) is 0 Å². The Morgan fingerprint density at radius 2 is 1.97 bits per heavy atom. The first-order valence-electron chi connectivity index (χ1n) is 9.50. The van der Waals surface area contributed by atoms with E-state index in [1.165, 1.54) is 0 Å². The molecule has 3 heterocycles. The van der Waals surface area contributed by atoms with Gasteiger partial charge in [0.2, 0.25) is 5.72 Å². The van der Waals surface area contributed by atoms with Crippen LogP contribution < -0.4 is 10.6 Å². The lowest BCUT2D eigenvalue weighted by molar-refractivity contribution is -0.230. The number of amides is 2. The molecule has 0 spiro atoms. The second kappa shape index (κ2) is 8.36. The fourth-order valence-corrected chi connectivity index (χ4v) is 3.35. The Kier molecular flexibility index (Phi) is 6.16. The highest BCUT2D eigenvalue weighted by atomic mass is 16.5. The van der Waals surface area contributed by atoms with Crippen LogP contribution in [0.25, 0.3) is 0 Å². The van der Waals surface area contributed by atoms with E-state index in [0.717, 1.165) is 18.6 Å². The van der Waals surface area contributed by atoms with E-state index in [2.05, 4.69) is 5.32 Å². The maximum Gasteiger partial charge on any atom is 0.331 e. The number of rotatable bonds is 6. The maximum absolute atomic E-state index is 12.7. The van der Waals surface area contributed by atoms with Crippen molar-refractivity contribution in [2.45, 2.75) is 43.1 Å². The number of carbonyl (C=O) groups excluding carboxylic acids is 3. The molecule has 3 saturated heterocycles. The zero-order valence-corrected chi connectivity index (χ0v) is 16.7. The number of esters is 1. The minimum atomic E-state index is -2.60. The van der Waals surface area contributed by atoms with Gasteiger partial charge in [0.05, 0.1) is 13.2 Å². The molecule has 11 nitrogen and oxygen atoms in total. The molecule has 168 valence electrons. The number of hydrogen-bond donors (Lipinski definition) is 6. The summed E-state index contributed by atoms with van der Waals surface area (Å²) in [6, 6.07) is 8.84. The predicted octanol–water partition coefficient (Wildman–Crippen LogP) is -2.19. The SMILES string of the molecule is C[C@](O)(CO)[C@H](O)[C@@]12NC(=O)[C@@](O)(NC1=O)/C(=C\C(=O)OCc1ccccc1)CCO2. The Morgan fingerprint density at radius 3 is 2.61 bits per heavy atom. The summed E-state index contributed by atoms with van der Waals surface area (Å²) >= 11 is 0. The van der Waals surface area contributed by atoms with Crippen molar-refractivity contribution in [3.05, 3.63) is 47.5 Å². The van der Waals surface area contributed by atoms with Gasteiger partial charge in [0.25, 0.3) is 17.5 Å². The lowest BCUT2D eigenvalue weighted by atomic mass is 9.84. The molecule has 3 aliphatic rings. The largest absolute Gasteiger partial charge is 0.458 e. The molecule has 1 aromatic rings. The van der Waals surface area contributed by atoms with Crippen molar-refractivity contribution in [3.8, 4) is 0 Å². The molecule has 2 bridgehead atoms. The van der Waals surface area contributed by atoms with Gasteiger partial charge in [-0.3, -0.25) is 9.59 Å². The van der Waals surface area contributed by atoms with Gasteiger partial charge in [-0.2, -0.15) is 0 Å². The molecule has 0 aliphatic carbocycles. The van der Waals surface area contributed by atoms with E-state index in [9.17, 15) is 34.8 Å². The highest BCUT2D eigenvalue weighted by Gasteiger charge is 2.63. The fourth-order valence-electron chi connectivity index (χ4n) is 3.35. The number of ether oxygens (including phenoxy) is 2. The third-order valence-corrected chi connectivity index (χ3v) is 5.24. The summed E-state index contributed by atoms with van der Waals surface area (Å²) in [5, 5.41) is 44.9. The Balaban J connectivity index is 1.83. The summed E-state index contributed by atoms with van der Waals surface area (Å²) in [4.78, 5) is 37.7. The predicted molar refractivity (Wildman–Crippen MR) is 103 cm³/mol. The van der Waals surface area contributed by atoms with Crippen LogP contribution in [0.5, 0.6) is 0 Å². The van der Waals surface area contributed by atoms with Gasteiger partial charge in [0, 0.05) is 11.6 Å². The van der Waals surface area contributed by atoms with Crippen molar-refractivity contribution >= 4 is 17.8 Å². The molecule has 6 N–H and O–H groups in total. The van der Waals surface area contributed by atoms with E-state index in [1.54, 1.807) is 30.3 Å². The van der Waals surface area contributed by atoms with E-state index in [-0.39, 0.29) is 25.2 Å². The summed E-state index contributed by atoms with van der Waals surface area (Å²) < 4.78 is 10.5. The van der Waals surface area contributed by atoms with Crippen molar-refractivity contribution in [1.29, 1.82) is 0 Å². The number of carbonyl (C=O) groups is 3. The normalized spacial score (nSPS) is 29.9. The van der Waals surface area contributed by atoms with Crippen LogP contribution in [0, 0.1) is 0 Å². The van der Waals surface area contributed by atoms with E-state index < -0.39 is 47.5 Å². The first-order valence-corrected chi connectivity index (χ1v) is 9.50. The highest BCUT2D eigenvalue weighted by Crippen LogP contribution is 2.33. The molecule has 0 radical (unpaired) electrons. The Labute approximate surface area is 177 Å². The van der Waals surface area contributed by atoms with E-state index in [1.807, 2.05) is 5.32 Å². The van der Waals surface area contributed by atoms with Crippen LogP contribution in [0.2, 0.25) is 0 Å². The van der Waals surface area contributed by atoms with Crippen LogP contribution >= 0.6 is 0 Å². The molecule has 11 heteroatoms. The summed E-state index contributed by atoms with van der Waals surface area (Å²) in [6.07, 6.45) is -1.36. The summed E-state index contributed by atoms with van der Waals surface area (Å²) in [6.45, 7) is -0.247. The lowest BCUT2D eigenvalue weighted by Gasteiger charge is -2.49. The molecule has 0 aromatic heterocycles. The quantitative estimate of drug-likeness (QED) is 0.214. The first-order chi connectivity index (χ1) is 14.5. The van der Waals surface area contributed by atoms with Gasteiger partial charge < -0.3 is 40.5 Å². The van der Waals surface area contributed by atoms with Crippen molar-refractivity contribution in [2.75, 3.05) is 13.2 Å². The number of benzene rings is 1. The molecule has 2 amide bonds. The van der Waals surface area contributed by atoms with Crippen LogP contribution in [0.4, 0.5) is 0 Å². The lowest BCUT2D eigenvalue weighted by Crippen LogP contribution is -2.82. The van der Waals surface area contributed by atoms with Gasteiger partial charge in [-0.05, 0) is 18.9 Å². The highest BCUT2D eigenvalue weighted by molar-refractivity contribution is 6.03. The molecule has 1 aromatic carbocycles. The summed E-state index contributed by atoms with van der Waals surface area (Å²) in [5.74, 6) is -3.21. The topological polar surface area (TPSA) is 175 Å². The number of fused-ring (bicyclic) bond motifs is 5. The molecular weight excluding hydrogens is 412 g/mol. The molecule has 0 unspecified atom stereocenters. The molecule has 4 atom stereocenters. The second-order valence-corrected chi connectivity index (χ2v) is 7.63. The Hall–Kier alpha value is -2.83. The smallest absolute Gasteiger partial charge is 0.331 e. The molecule has 3 aliphatic heterocycles. The Bertz CT molecular complexity index is 901. The fraction of sp³-hybridized carbons (Fsp3) is 0.450. The second-order valence-electron chi connectivity index (χ2n) is 7.63. The molecule has 0 saturated carbocycles. The number of nitrogens with one attached hydrogen (secondary N) is 2. The van der Waals surface area contributed by atoms with Crippen molar-refractivity contribution < 1.29 is 44.3 Å². The van der Waals surface area contributed by atoms with Gasteiger partial charge in [0.1, 0.15) is 18.3 Å². The van der Waals surface area contributed by atoms with Gasteiger partial charge in [-0.1, -0.05) is 30.3 Å². The van der Waals surface area contributed by atoms with Gasteiger partial charge in [-0.25, -0.2) is 4.79 Å². The number of aliphatic hydroxyl groups excluding tert-OH is 2. The standard InChI is InChI=1S/C20H24N2O9/c1-18(28,11-23)15(25)20-17(27)21-19(29,16(26)22-20)13(7-8-31-20)9-14(24)30-10-12-5-3-2-4-6-12/h2-6,9,15,23,25,28-29H,7-8,10-11H2,1H3,(H,21,27)(H,22,26)/b13-9-/t15-,18-,19+,20-/m0/s1. The van der Waals surface area contributed by atoms with Crippen molar-refractivity contribution in [1.82, 2.24) is 10.6 Å². The van der Waals surface area contributed by atoms with Crippen molar-refractivity contribution in [2.24, 2.45) is 0 Å². The molecule has 4 rings (SSSR count). The monoisotopic (exact) mass is 436 g/mol. The third-order valence-electron chi connectivity index (χ3n) is 5.24.